The number of ether oxygens (including phenoxy) is 1. The normalized spacial score (nSPS) is 10.8. The van der Waals surface area contributed by atoms with Crippen LogP contribution in [0.4, 0.5) is 11.5 Å². The molecule has 0 aliphatic carbocycles. The maximum Gasteiger partial charge on any atom is 0.225 e. The first-order chi connectivity index (χ1) is 9.67. The third-order valence-electron chi connectivity index (χ3n) is 2.98. The second kappa shape index (κ2) is 5.26. The summed E-state index contributed by atoms with van der Waals surface area (Å²) in [6, 6.07) is 7.82. The Morgan fingerprint density at radius 1 is 1.25 bits per heavy atom. The second-order valence-corrected chi connectivity index (χ2v) is 5.52. The fraction of sp³-hybridized carbons (Fsp3) is 0.143. The molecule has 3 aromatic rings. The molecule has 1 N–H and O–H groups in total. The molecule has 2 heterocycles. The predicted octanol–water partition coefficient (Wildman–Crippen LogP) is 4.41. The molecule has 4 nitrogen and oxygen atoms in total. The van der Waals surface area contributed by atoms with Gasteiger partial charge in [0.1, 0.15) is 16.4 Å². The van der Waals surface area contributed by atoms with Crippen LogP contribution in [0, 0.1) is 6.92 Å². The van der Waals surface area contributed by atoms with E-state index in [1.165, 1.54) is 0 Å². The van der Waals surface area contributed by atoms with Crippen LogP contribution in [0.25, 0.3) is 10.2 Å². The number of benzene rings is 1. The number of aromatic nitrogens is 2. The third-order valence-corrected chi connectivity index (χ3v) is 3.96. The SMILES string of the molecule is COc1ccc(Nc2nc(Cl)nc3sccc23)c(C)c1. The Hall–Kier alpha value is -1.85. The van der Waals surface area contributed by atoms with Crippen molar-refractivity contribution in [2.75, 3.05) is 12.4 Å². The van der Waals surface area contributed by atoms with Gasteiger partial charge in [0.05, 0.1) is 12.5 Å². The van der Waals surface area contributed by atoms with E-state index in [4.69, 9.17) is 16.3 Å². The highest BCUT2D eigenvalue weighted by molar-refractivity contribution is 7.16. The van der Waals surface area contributed by atoms with E-state index in [-0.39, 0.29) is 5.28 Å². The molecule has 2 aromatic heterocycles. The van der Waals surface area contributed by atoms with Crippen molar-refractivity contribution in [2.45, 2.75) is 6.92 Å². The van der Waals surface area contributed by atoms with Crippen LogP contribution in [0.5, 0.6) is 5.75 Å². The lowest BCUT2D eigenvalue weighted by Crippen LogP contribution is -1.98. The maximum atomic E-state index is 5.96. The Bertz CT molecular complexity index is 772. The molecule has 3 rings (SSSR count). The molecule has 0 atom stereocenters. The lowest BCUT2D eigenvalue weighted by atomic mass is 10.2. The van der Waals surface area contributed by atoms with E-state index in [1.807, 2.05) is 36.6 Å². The highest BCUT2D eigenvalue weighted by Gasteiger charge is 2.09. The van der Waals surface area contributed by atoms with Crippen LogP contribution in [0.3, 0.4) is 0 Å². The fourth-order valence-electron chi connectivity index (χ4n) is 1.96. The van der Waals surface area contributed by atoms with Crippen molar-refractivity contribution in [3.05, 3.63) is 40.5 Å². The summed E-state index contributed by atoms with van der Waals surface area (Å²) >= 11 is 7.50. The summed E-state index contributed by atoms with van der Waals surface area (Å²) in [4.78, 5) is 9.35. The molecular formula is C14H12ClN3OS. The summed E-state index contributed by atoms with van der Waals surface area (Å²) in [7, 11) is 1.65. The maximum absolute atomic E-state index is 5.96. The third kappa shape index (κ3) is 2.42. The number of rotatable bonds is 3. The molecule has 0 spiro atoms. The molecule has 0 fully saturated rings. The summed E-state index contributed by atoms with van der Waals surface area (Å²) in [5.74, 6) is 1.55. The topological polar surface area (TPSA) is 47.0 Å². The molecule has 0 saturated carbocycles. The number of fused-ring (bicyclic) bond motifs is 1. The molecule has 6 heteroatoms. The summed E-state index contributed by atoms with van der Waals surface area (Å²) in [5.41, 5.74) is 2.04. The number of hydrogen-bond donors (Lipinski definition) is 1. The zero-order valence-corrected chi connectivity index (χ0v) is 12.5. The van der Waals surface area contributed by atoms with Crippen molar-refractivity contribution in [3.8, 4) is 5.75 Å². The quantitative estimate of drug-likeness (QED) is 0.728. The van der Waals surface area contributed by atoms with E-state index in [1.54, 1.807) is 18.4 Å². The molecule has 20 heavy (non-hydrogen) atoms. The second-order valence-electron chi connectivity index (χ2n) is 4.29. The van der Waals surface area contributed by atoms with Crippen molar-refractivity contribution in [3.63, 3.8) is 0 Å². The molecule has 0 saturated heterocycles. The number of anilines is 2. The number of halogens is 1. The Labute approximate surface area is 125 Å². The summed E-state index contributed by atoms with van der Waals surface area (Å²) in [5, 5.41) is 6.49. The van der Waals surface area contributed by atoms with Gasteiger partial charge in [-0.2, -0.15) is 4.98 Å². The molecule has 0 amide bonds. The zero-order chi connectivity index (χ0) is 14.1. The van der Waals surface area contributed by atoms with Crippen molar-refractivity contribution in [1.29, 1.82) is 0 Å². The minimum absolute atomic E-state index is 0.244. The first-order valence-corrected chi connectivity index (χ1v) is 7.25. The monoisotopic (exact) mass is 305 g/mol. The predicted molar refractivity (Wildman–Crippen MR) is 83.4 cm³/mol. The Morgan fingerprint density at radius 3 is 2.85 bits per heavy atom. The average Bonchev–Trinajstić information content (AvgIpc) is 2.89. The standard InChI is InChI=1S/C14H12ClN3OS/c1-8-7-9(19-2)3-4-11(8)16-12-10-5-6-20-13(10)18-14(15)17-12/h3-7H,1-2H3,(H,16,17,18). The summed E-state index contributed by atoms with van der Waals surface area (Å²) in [6.07, 6.45) is 0. The first-order valence-electron chi connectivity index (χ1n) is 6.00. The van der Waals surface area contributed by atoms with Crippen LogP contribution in [0.1, 0.15) is 5.56 Å². The van der Waals surface area contributed by atoms with E-state index < -0.39 is 0 Å². The molecule has 0 unspecified atom stereocenters. The van der Waals surface area contributed by atoms with E-state index >= 15 is 0 Å². The highest BCUT2D eigenvalue weighted by Crippen LogP contribution is 2.30. The van der Waals surface area contributed by atoms with Crippen LogP contribution in [-0.2, 0) is 0 Å². The largest absolute Gasteiger partial charge is 0.497 e. The number of hydrogen-bond acceptors (Lipinski definition) is 5. The number of methoxy groups -OCH3 is 1. The van der Waals surface area contributed by atoms with E-state index in [9.17, 15) is 0 Å². The van der Waals surface area contributed by atoms with E-state index in [2.05, 4.69) is 15.3 Å². The summed E-state index contributed by atoms with van der Waals surface area (Å²) in [6.45, 7) is 2.01. The van der Waals surface area contributed by atoms with Gasteiger partial charge in [-0.25, -0.2) is 4.98 Å². The molecule has 1 aromatic carbocycles. The van der Waals surface area contributed by atoms with Gasteiger partial charge in [-0.05, 0) is 53.7 Å². The zero-order valence-electron chi connectivity index (χ0n) is 11.0. The van der Waals surface area contributed by atoms with Crippen molar-refractivity contribution in [2.24, 2.45) is 0 Å². The molecule has 0 radical (unpaired) electrons. The minimum atomic E-state index is 0.244. The number of thiophene rings is 1. The lowest BCUT2D eigenvalue weighted by Gasteiger charge is -2.11. The average molecular weight is 306 g/mol. The molecule has 102 valence electrons. The fourth-order valence-corrected chi connectivity index (χ4v) is 2.94. The molecule has 0 aliphatic rings. The van der Waals surface area contributed by atoms with E-state index in [0.29, 0.717) is 0 Å². The van der Waals surface area contributed by atoms with Crippen molar-refractivity contribution >= 4 is 44.7 Å². The van der Waals surface area contributed by atoms with Crippen molar-refractivity contribution in [1.82, 2.24) is 9.97 Å². The van der Waals surface area contributed by atoms with E-state index in [0.717, 1.165) is 33.0 Å². The van der Waals surface area contributed by atoms with Crippen LogP contribution in [0.2, 0.25) is 5.28 Å². The molecule has 0 aliphatic heterocycles. The minimum Gasteiger partial charge on any atom is -0.497 e. The Balaban J connectivity index is 2.03. The highest BCUT2D eigenvalue weighted by atomic mass is 35.5. The van der Waals surface area contributed by atoms with Crippen LogP contribution >= 0.6 is 22.9 Å². The van der Waals surface area contributed by atoms with Crippen LogP contribution in [-0.4, -0.2) is 17.1 Å². The van der Waals surface area contributed by atoms with Gasteiger partial charge in [-0.3, -0.25) is 0 Å². The summed E-state index contributed by atoms with van der Waals surface area (Å²) < 4.78 is 5.20. The number of aryl methyl sites for hydroxylation is 1. The Kier molecular flexibility index (Phi) is 3.46. The van der Waals surface area contributed by atoms with Crippen LogP contribution < -0.4 is 10.1 Å². The molecule has 0 bridgehead atoms. The lowest BCUT2D eigenvalue weighted by molar-refractivity contribution is 0.414. The van der Waals surface area contributed by atoms with Gasteiger partial charge in [-0.15, -0.1) is 11.3 Å². The Morgan fingerprint density at radius 2 is 2.10 bits per heavy atom. The number of nitrogens with one attached hydrogen (secondary N) is 1. The van der Waals surface area contributed by atoms with Gasteiger partial charge in [0, 0.05) is 5.69 Å². The van der Waals surface area contributed by atoms with Gasteiger partial charge >= 0.3 is 0 Å². The number of nitrogens with zero attached hydrogens (tertiary/aromatic N) is 2. The van der Waals surface area contributed by atoms with Crippen LogP contribution in [0.15, 0.2) is 29.6 Å². The van der Waals surface area contributed by atoms with Gasteiger partial charge in [0.25, 0.3) is 0 Å². The van der Waals surface area contributed by atoms with Gasteiger partial charge in [0.15, 0.2) is 0 Å². The van der Waals surface area contributed by atoms with Gasteiger partial charge in [0.2, 0.25) is 5.28 Å². The van der Waals surface area contributed by atoms with Gasteiger partial charge in [-0.1, -0.05) is 0 Å². The first kappa shape index (κ1) is 13.1. The van der Waals surface area contributed by atoms with Gasteiger partial charge < -0.3 is 10.1 Å². The smallest absolute Gasteiger partial charge is 0.225 e. The molecular weight excluding hydrogens is 294 g/mol. The van der Waals surface area contributed by atoms with Crippen molar-refractivity contribution < 1.29 is 4.74 Å².